The van der Waals surface area contributed by atoms with Crippen molar-refractivity contribution in [3.8, 4) is 0 Å². The van der Waals surface area contributed by atoms with Crippen molar-refractivity contribution in [2.24, 2.45) is 0 Å². The predicted molar refractivity (Wildman–Crippen MR) is 72.4 cm³/mol. The first-order chi connectivity index (χ1) is 8.49. The van der Waals surface area contributed by atoms with E-state index in [4.69, 9.17) is 5.11 Å². The summed E-state index contributed by atoms with van der Waals surface area (Å²) in [7, 11) is 2.14. The van der Waals surface area contributed by atoms with E-state index in [0.29, 0.717) is 11.6 Å². The van der Waals surface area contributed by atoms with Crippen LogP contribution in [-0.4, -0.2) is 48.7 Å². The fourth-order valence-electron chi connectivity index (χ4n) is 2.41. The number of benzene rings is 1. The lowest BCUT2D eigenvalue weighted by Crippen LogP contribution is -2.50. The van der Waals surface area contributed by atoms with E-state index in [1.165, 1.54) is 0 Å². The Kier molecular flexibility index (Phi) is 3.57. The molecule has 1 aliphatic heterocycles. The van der Waals surface area contributed by atoms with E-state index in [9.17, 15) is 4.79 Å². The van der Waals surface area contributed by atoms with Gasteiger partial charge < -0.3 is 14.9 Å². The highest BCUT2D eigenvalue weighted by Gasteiger charge is 2.22. The summed E-state index contributed by atoms with van der Waals surface area (Å²) in [6.07, 6.45) is 0. The molecule has 0 radical (unpaired) electrons. The summed E-state index contributed by atoms with van der Waals surface area (Å²) in [4.78, 5) is 15.6. The molecule has 1 N–H and O–H groups in total. The van der Waals surface area contributed by atoms with Crippen molar-refractivity contribution in [3.05, 3.63) is 29.3 Å². The number of likely N-dealkylation sites (N-methyl/N-ethyl adjacent to an activating group) is 1. The Labute approximate surface area is 108 Å². The van der Waals surface area contributed by atoms with Gasteiger partial charge in [0.25, 0.3) is 0 Å². The molecule has 0 bridgehead atoms. The monoisotopic (exact) mass is 248 g/mol. The second-order valence-electron chi connectivity index (χ2n) is 5.08. The molecule has 0 aromatic heterocycles. The maximum atomic E-state index is 10.9. The molecule has 0 spiro atoms. The Balaban J connectivity index is 2.21. The zero-order chi connectivity index (χ0) is 13.3. The van der Waals surface area contributed by atoms with E-state index in [-0.39, 0.29) is 0 Å². The molecule has 1 aliphatic rings. The summed E-state index contributed by atoms with van der Waals surface area (Å²) in [5.41, 5.74) is 2.55. The summed E-state index contributed by atoms with van der Waals surface area (Å²) in [5.74, 6) is -0.864. The van der Waals surface area contributed by atoms with Gasteiger partial charge in [-0.25, -0.2) is 4.79 Å². The first kappa shape index (κ1) is 12.9. The number of piperazine rings is 1. The molecule has 0 saturated carbocycles. The summed E-state index contributed by atoms with van der Waals surface area (Å²) in [6.45, 7) is 7.22. The van der Waals surface area contributed by atoms with Gasteiger partial charge in [0.2, 0.25) is 0 Å². The third-order valence-electron chi connectivity index (χ3n) is 3.74. The van der Waals surface area contributed by atoms with E-state index < -0.39 is 5.97 Å². The van der Waals surface area contributed by atoms with Gasteiger partial charge in [-0.1, -0.05) is 0 Å². The first-order valence-corrected chi connectivity index (χ1v) is 6.28. The maximum absolute atomic E-state index is 10.9. The van der Waals surface area contributed by atoms with Crippen LogP contribution in [0.2, 0.25) is 0 Å². The van der Waals surface area contributed by atoms with E-state index in [2.05, 4.69) is 23.8 Å². The summed E-state index contributed by atoms with van der Waals surface area (Å²) < 4.78 is 0. The number of anilines is 1. The van der Waals surface area contributed by atoms with E-state index in [0.717, 1.165) is 30.9 Å². The Hall–Kier alpha value is -1.55. The minimum absolute atomic E-state index is 0.360. The third-order valence-corrected chi connectivity index (χ3v) is 3.74. The van der Waals surface area contributed by atoms with E-state index in [1.807, 2.05) is 13.0 Å². The smallest absolute Gasteiger partial charge is 0.335 e. The van der Waals surface area contributed by atoms with Crippen LogP contribution in [0.3, 0.4) is 0 Å². The van der Waals surface area contributed by atoms with Crippen LogP contribution < -0.4 is 4.90 Å². The molecular weight excluding hydrogens is 228 g/mol. The highest BCUT2D eigenvalue weighted by atomic mass is 16.4. The van der Waals surface area contributed by atoms with Crippen molar-refractivity contribution in [3.63, 3.8) is 0 Å². The number of nitrogens with zero attached hydrogens (tertiary/aromatic N) is 2. The second kappa shape index (κ2) is 4.98. The Bertz CT molecular complexity index is 459. The predicted octanol–water partition coefficient (Wildman–Crippen LogP) is 1.83. The summed E-state index contributed by atoms with van der Waals surface area (Å²) in [6, 6.07) is 5.89. The number of aryl methyl sites for hydroxylation is 1. The van der Waals surface area contributed by atoms with Gasteiger partial charge in [-0.05, 0) is 44.7 Å². The minimum atomic E-state index is -0.864. The molecule has 98 valence electrons. The SMILES string of the molecule is Cc1cc(C(=O)O)ccc1N1CCN(C)C(C)C1. The van der Waals surface area contributed by atoms with Crippen LogP contribution in [0.4, 0.5) is 5.69 Å². The molecule has 1 heterocycles. The number of rotatable bonds is 2. The molecule has 4 heteroatoms. The number of carbonyl (C=O) groups is 1. The summed E-state index contributed by atoms with van der Waals surface area (Å²) >= 11 is 0. The number of hydrogen-bond acceptors (Lipinski definition) is 3. The molecule has 0 aliphatic carbocycles. The molecular formula is C14H20N2O2. The highest BCUT2D eigenvalue weighted by Crippen LogP contribution is 2.23. The molecule has 1 fully saturated rings. The standard InChI is InChI=1S/C14H20N2O2/c1-10-8-12(14(17)18)4-5-13(10)16-7-6-15(3)11(2)9-16/h4-5,8,11H,6-7,9H2,1-3H3,(H,17,18). The fraction of sp³-hybridized carbons (Fsp3) is 0.500. The lowest BCUT2D eigenvalue weighted by atomic mass is 10.1. The van der Waals surface area contributed by atoms with Crippen molar-refractivity contribution in [2.45, 2.75) is 19.9 Å². The molecule has 1 saturated heterocycles. The fourth-order valence-corrected chi connectivity index (χ4v) is 2.41. The molecule has 1 atom stereocenters. The number of carboxylic acid groups (broad SMARTS) is 1. The van der Waals surface area contributed by atoms with Crippen LogP contribution in [0, 0.1) is 6.92 Å². The Morgan fingerprint density at radius 2 is 2.11 bits per heavy atom. The zero-order valence-corrected chi connectivity index (χ0v) is 11.2. The van der Waals surface area contributed by atoms with Gasteiger partial charge in [0.1, 0.15) is 0 Å². The summed E-state index contributed by atoms with van der Waals surface area (Å²) in [5, 5.41) is 8.97. The molecule has 0 amide bonds. The molecule has 2 rings (SSSR count). The van der Waals surface area contributed by atoms with Crippen LogP contribution in [0.15, 0.2) is 18.2 Å². The molecule has 1 unspecified atom stereocenters. The van der Waals surface area contributed by atoms with Crippen LogP contribution in [-0.2, 0) is 0 Å². The van der Waals surface area contributed by atoms with Gasteiger partial charge in [0.15, 0.2) is 0 Å². The van der Waals surface area contributed by atoms with E-state index in [1.54, 1.807) is 12.1 Å². The molecule has 1 aromatic carbocycles. The normalized spacial score (nSPS) is 21.1. The molecule has 4 nitrogen and oxygen atoms in total. The Morgan fingerprint density at radius 1 is 1.39 bits per heavy atom. The lowest BCUT2D eigenvalue weighted by Gasteiger charge is -2.39. The van der Waals surface area contributed by atoms with Crippen LogP contribution >= 0.6 is 0 Å². The van der Waals surface area contributed by atoms with Crippen LogP contribution in [0.5, 0.6) is 0 Å². The van der Waals surface area contributed by atoms with Gasteiger partial charge in [0, 0.05) is 31.4 Å². The van der Waals surface area contributed by atoms with Gasteiger partial charge in [-0.3, -0.25) is 0 Å². The Morgan fingerprint density at radius 3 is 2.67 bits per heavy atom. The van der Waals surface area contributed by atoms with Crippen molar-refractivity contribution in [1.82, 2.24) is 4.90 Å². The van der Waals surface area contributed by atoms with Gasteiger partial charge in [-0.15, -0.1) is 0 Å². The van der Waals surface area contributed by atoms with Crippen LogP contribution in [0.1, 0.15) is 22.8 Å². The minimum Gasteiger partial charge on any atom is -0.478 e. The lowest BCUT2D eigenvalue weighted by molar-refractivity contribution is 0.0697. The topological polar surface area (TPSA) is 43.8 Å². The van der Waals surface area contributed by atoms with Crippen molar-refractivity contribution in [1.29, 1.82) is 0 Å². The zero-order valence-electron chi connectivity index (χ0n) is 11.2. The third kappa shape index (κ3) is 2.48. The van der Waals surface area contributed by atoms with Crippen molar-refractivity contribution in [2.75, 3.05) is 31.6 Å². The average Bonchev–Trinajstić information content (AvgIpc) is 2.32. The van der Waals surface area contributed by atoms with Gasteiger partial charge in [-0.2, -0.15) is 0 Å². The van der Waals surface area contributed by atoms with Gasteiger partial charge in [0.05, 0.1) is 5.56 Å². The average molecular weight is 248 g/mol. The largest absolute Gasteiger partial charge is 0.478 e. The molecule has 18 heavy (non-hydrogen) atoms. The second-order valence-corrected chi connectivity index (χ2v) is 5.08. The van der Waals surface area contributed by atoms with E-state index >= 15 is 0 Å². The number of aromatic carboxylic acids is 1. The van der Waals surface area contributed by atoms with Crippen LogP contribution in [0.25, 0.3) is 0 Å². The quantitative estimate of drug-likeness (QED) is 0.867. The maximum Gasteiger partial charge on any atom is 0.335 e. The van der Waals surface area contributed by atoms with Crippen molar-refractivity contribution < 1.29 is 9.90 Å². The number of hydrogen-bond donors (Lipinski definition) is 1. The molecule has 1 aromatic rings. The van der Waals surface area contributed by atoms with Gasteiger partial charge >= 0.3 is 5.97 Å². The first-order valence-electron chi connectivity index (χ1n) is 6.28. The van der Waals surface area contributed by atoms with Crippen molar-refractivity contribution >= 4 is 11.7 Å². The highest BCUT2D eigenvalue weighted by molar-refractivity contribution is 5.88. The number of carboxylic acids is 1.